The molecule has 0 bridgehead atoms. The van der Waals surface area contributed by atoms with E-state index in [1.807, 2.05) is 42.5 Å². The zero-order valence-electron chi connectivity index (χ0n) is 16.4. The molecule has 0 aromatic heterocycles. The van der Waals surface area contributed by atoms with Gasteiger partial charge in [0.2, 0.25) is 0 Å². The SMILES string of the molecule is COc1ccc([C@H]2C3=C(CCCC3=O)N=C3c4ccccc4C(=O)[C@H]32)cc1OC. The number of fused-ring (bicyclic) bond motifs is 3. The Morgan fingerprint density at radius 1 is 0.897 bits per heavy atom. The van der Waals surface area contributed by atoms with Gasteiger partial charge in [0.15, 0.2) is 23.1 Å². The van der Waals surface area contributed by atoms with E-state index in [-0.39, 0.29) is 17.5 Å². The van der Waals surface area contributed by atoms with E-state index in [0.717, 1.165) is 35.4 Å². The lowest BCUT2D eigenvalue weighted by Crippen LogP contribution is -2.33. The summed E-state index contributed by atoms with van der Waals surface area (Å²) in [4.78, 5) is 31.2. The Kier molecular flexibility index (Phi) is 4.12. The molecule has 0 spiro atoms. The van der Waals surface area contributed by atoms with Gasteiger partial charge in [-0.15, -0.1) is 0 Å². The van der Waals surface area contributed by atoms with E-state index < -0.39 is 5.92 Å². The van der Waals surface area contributed by atoms with Crippen molar-refractivity contribution in [1.82, 2.24) is 0 Å². The van der Waals surface area contributed by atoms with Crippen LogP contribution in [0.1, 0.15) is 46.7 Å². The largest absolute Gasteiger partial charge is 0.493 e. The second-order valence-corrected chi connectivity index (χ2v) is 7.61. The van der Waals surface area contributed by atoms with Gasteiger partial charge in [-0.05, 0) is 30.5 Å². The number of allylic oxidation sites excluding steroid dienone is 2. The Hall–Kier alpha value is -3.21. The van der Waals surface area contributed by atoms with E-state index in [9.17, 15) is 9.59 Å². The molecule has 2 aromatic rings. The highest BCUT2D eigenvalue weighted by Gasteiger charge is 2.48. The topological polar surface area (TPSA) is 65.0 Å². The van der Waals surface area contributed by atoms with Gasteiger partial charge >= 0.3 is 0 Å². The van der Waals surface area contributed by atoms with Crippen molar-refractivity contribution in [2.45, 2.75) is 25.2 Å². The minimum Gasteiger partial charge on any atom is -0.493 e. The zero-order valence-corrected chi connectivity index (χ0v) is 16.4. The number of rotatable bonds is 3. The molecule has 5 nitrogen and oxygen atoms in total. The fraction of sp³-hybridized carbons (Fsp3) is 0.292. The van der Waals surface area contributed by atoms with Gasteiger partial charge in [-0.25, -0.2) is 0 Å². The zero-order chi connectivity index (χ0) is 20.1. The molecule has 29 heavy (non-hydrogen) atoms. The van der Waals surface area contributed by atoms with Crippen molar-refractivity contribution in [1.29, 1.82) is 0 Å². The summed E-state index contributed by atoms with van der Waals surface area (Å²) in [5.74, 6) is 0.492. The Labute approximate surface area is 169 Å². The first-order valence-electron chi connectivity index (χ1n) is 9.84. The monoisotopic (exact) mass is 387 g/mol. The molecule has 0 fully saturated rings. The predicted octanol–water partition coefficient (Wildman–Crippen LogP) is 4.11. The quantitative estimate of drug-likeness (QED) is 0.795. The van der Waals surface area contributed by atoms with Crippen LogP contribution in [-0.4, -0.2) is 31.5 Å². The van der Waals surface area contributed by atoms with E-state index in [2.05, 4.69) is 0 Å². The van der Waals surface area contributed by atoms with Crippen LogP contribution < -0.4 is 9.47 Å². The van der Waals surface area contributed by atoms with Crippen LogP contribution >= 0.6 is 0 Å². The number of benzene rings is 2. The van der Waals surface area contributed by atoms with Gasteiger partial charge in [0.1, 0.15) is 0 Å². The van der Waals surface area contributed by atoms with Gasteiger partial charge in [0.25, 0.3) is 0 Å². The number of Topliss-reactive ketones (excluding diaryl/α,β-unsaturated/α-hetero) is 2. The first-order valence-corrected chi connectivity index (χ1v) is 9.84. The molecule has 0 unspecified atom stereocenters. The fourth-order valence-electron chi connectivity index (χ4n) is 4.85. The van der Waals surface area contributed by atoms with Gasteiger partial charge in [-0.3, -0.25) is 14.6 Å². The summed E-state index contributed by atoms with van der Waals surface area (Å²) < 4.78 is 10.9. The van der Waals surface area contributed by atoms with Crippen LogP contribution in [0, 0.1) is 5.92 Å². The van der Waals surface area contributed by atoms with Crippen LogP contribution in [-0.2, 0) is 4.79 Å². The van der Waals surface area contributed by atoms with E-state index in [1.54, 1.807) is 14.2 Å². The maximum Gasteiger partial charge on any atom is 0.173 e. The van der Waals surface area contributed by atoms with Crippen molar-refractivity contribution < 1.29 is 19.1 Å². The van der Waals surface area contributed by atoms with Crippen molar-refractivity contribution in [2.75, 3.05) is 14.2 Å². The van der Waals surface area contributed by atoms with Crippen LogP contribution in [0.25, 0.3) is 0 Å². The number of ether oxygens (including phenoxy) is 2. The normalized spacial score (nSPS) is 22.6. The lowest BCUT2D eigenvalue weighted by molar-refractivity contribution is -0.116. The van der Waals surface area contributed by atoms with Crippen molar-refractivity contribution in [2.24, 2.45) is 10.9 Å². The van der Waals surface area contributed by atoms with Gasteiger partial charge in [-0.2, -0.15) is 0 Å². The second-order valence-electron chi connectivity index (χ2n) is 7.61. The van der Waals surface area contributed by atoms with Gasteiger partial charge in [0.05, 0.1) is 25.8 Å². The van der Waals surface area contributed by atoms with Crippen LogP contribution in [0.4, 0.5) is 0 Å². The van der Waals surface area contributed by atoms with Crippen molar-refractivity contribution in [3.63, 3.8) is 0 Å². The molecule has 0 N–H and O–H groups in total. The summed E-state index contributed by atoms with van der Waals surface area (Å²) in [6, 6.07) is 13.3. The number of methoxy groups -OCH3 is 2. The molecular formula is C24H21NO4. The van der Waals surface area contributed by atoms with Crippen molar-refractivity contribution in [3.8, 4) is 11.5 Å². The summed E-state index contributed by atoms with van der Waals surface area (Å²) in [5, 5.41) is 0. The number of ketones is 2. The molecule has 1 aliphatic heterocycles. The molecule has 0 amide bonds. The van der Waals surface area contributed by atoms with Crippen molar-refractivity contribution >= 4 is 17.3 Å². The number of hydrogen-bond donors (Lipinski definition) is 0. The van der Waals surface area contributed by atoms with Crippen LogP contribution in [0.5, 0.6) is 11.5 Å². The highest BCUT2D eigenvalue weighted by Crippen LogP contribution is 2.49. The number of carbonyl (C=O) groups is 2. The molecule has 2 aromatic carbocycles. The van der Waals surface area contributed by atoms with Gasteiger partial charge in [-0.1, -0.05) is 30.3 Å². The Morgan fingerprint density at radius 3 is 2.41 bits per heavy atom. The van der Waals surface area contributed by atoms with Crippen LogP contribution in [0.15, 0.2) is 58.7 Å². The fourth-order valence-corrected chi connectivity index (χ4v) is 4.85. The van der Waals surface area contributed by atoms with E-state index in [0.29, 0.717) is 29.1 Å². The second kappa shape index (κ2) is 6.69. The molecular weight excluding hydrogens is 366 g/mol. The number of hydrogen-bond acceptors (Lipinski definition) is 5. The molecule has 0 radical (unpaired) electrons. The average Bonchev–Trinajstić information content (AvgIpc) is 3.04. The summed E-state index contributed by atoms with van der Waals surface area (Å²) in [5.41, 5.74) is 4.77. The molecule has 5 heteroatoms. The Morgan fingerprint density at radius 2 is 1.66 bits per heavy atom. The molecule has 2 aliphatic carbocycles. The predicted molar refractivity (Wildman–Crippen MR) is 109 cm³/mol. The maximum absolute atomic E-state index is 13.4. The molecule has 0 saturated carbocycles. The van der Waals surface area contributed by atoms with Crippen molar-refractivity contribution in [3.05, 3.63) is 70.4 Å². The summed E-state index contributed by atoms with van der Waals surface area (Å²) >= 11 is 0. The highest BCUT2D eigenvalue weighted by molar-refractivity contribution is 6.30. The first kappa shape index (κ1) is 17.9. The highest BCUT2D eigenvalue weighted by atomic mass is 16.5. The molecule has 0 saturated heterocycles. The van der Waals surface area contributed by atoms with Crippen LogP contribution in [0.2, 0.25) is 0 Å². The lowest BCUT2D eigenvalue weighted by atomic mass is 9.71. The average molecular weight is 387 g/mol. The van der Waals surface area contributed by atoms with E-state index in [1.165, 1.54) is 0 Å². The van der Waals surface area contributed by atoms with E-state index in [4.69, 9.17) is 14.5 Å². The molecule has 1 heterocycles. The third kappa shape index (κ3) is 2.57. The number of carbonyl (C=O) groups excluding carboxylic acids is 2. The Balaban J connectivity index is 1.74. The van der Waals surface area contributed by atoms with Gasteiger partial charge in [0, 0.05) is 34.7 Å². The summed E-state index contributed by atoms with van der Waals surface area (Å²) in [7, 11) is 3.17. The molecule has 5 rings (SSSR count). The number of aliphatic imine (C=N–C) groups is 1. The van der Waals surface area contributed by atoms with Crippen LogP contribution in [0.3, 0.4) is 0 Å². The summed E-state index contributed by atoms with van der Waals surface area (Å²) in [6.45, 7) is 0. The minimum atomic E-state index is -0.480. The van der Waals surface area contributed by atoms with E-state index >= 15 is 0 Å². The third-order valence-electron chi connectivity index (χ3n) is 6.14. The standard InChI is InChI=1S/C24H21NO4/c1-28-18-11-10-13(12-19(18)29-2)20-21-16(8-5-9-17(21)26)25-23-14-6-3-4-7-15(14)24(27)22(20)23/h3-4,6-7,10-12,20,22H,5,8-9H2,1-2H3/t20-,22-/m0/s1. The molecule has 3 aliphatic rings. The molecule has 146 valence electrons. The van der Waals surface area contributed by atoms with Gasteiger partial charge < -0.3 is 9.47 Å². The minimum absolute atomic E-state index is 0.0315. The number of nitrogens with zero attached hydrogens (tertiary/aromatic N) is 1. The molecule has 2 atom stereocenters. The third-order valence-corrected chi connectivity index (χ3v) is 6.14. The first-order chi connectivity index (χ1) is 14.1. The smallest absolute Gasteiger partial charge is 0.173 e. The summed E-state index contributed by atoms with van der Waals surface area (Å²) in [6.07, 6.45) is 2.06. The lowest BCUT2D eigenvalue weighted by Gasteiger charge is -2.33. The Bertz CT molecular complexity index is 1110. The maximum atomic E-state index is 13.4.